The van der Waals surface area contributed by atoms with E-state index in [-0.39, 0.29) is 11.7 Å². The fourth-order valence-corrected chi connectivity index (χ4v) is 3.30. The van der Waals surface area contributed by atoms with Crippen molar-refractivity contribution in [3.63, 3.8) is 0 Å². The van der Waals surface area contributed by atoms with Gasteiger partial charge in [0.15, 0.2) is 0 Å². The molecule has 0 aliphatic carbocycles. The SMILES string of the molecule is CNCC1CCN(C(=O)c2ccccc2Nc2ccc(OC(F)F)cc2)C1. The number of nitrogens with one attached hydrogen (secondary N) is 2. The average Bonchev–Trinajstić information content (AvgIpc) is 3.12. The molecule has 2 aromatic carbocycles. The zero-order valence-electron chi connectivity index (χ0n) is 15.1. The van der Waals surface area contributed by atoms with Crippen LogP contribution in [0.5, 0.6) is 5.75 Å². The van der Waals surface area contributed by atoms with E-state index < -0.39 is 6.61 Å². The highest BCUT2D eigenvalue weighted by Gasteiger charge is 2.27. The monoisotopic (exact) mass is 375 g/mol. The molecule has 0 radical (unpaired) electrons. The maximum atomic E-state index is 12.9. The maximum absolute atomic E-state index is 12.9. The van der Waals surface area contributed by atoms with Gasteiger partial charge in [0.1, 0.15) is 5.75 Å². The van der Waals surface area contributed by atoms with Crippen molar-refractivity contribution in [3.8, 4) is 5.75 Å². The summed E-state index contributed by atoms with van der Waals surface area (Å²) in [6.45, 7) is -0.460. The van der Waals surface area contributed by atoms with E-state index in [4.69, 9.17) is 0 Å². The molecule has 1 saturated heterocycles. The second-order valence-corrected chi connectivity index (χ2v) is 6.54. The topological polar surface area (TPSA) is 53.6 Å². The van der Waals surface area contributed by atoms with Gasteiger partial charge >= 0.3 is 6.61 Å². The Hall–Kier alpha value is -2.67. The Labute approximate surface area is 157 Å². The number of halogens is 2. The van der Waals surface area contributed by atoms with Crippen LogP contribution in [0.25, 0.3) is 0 Å². The van der Waals surface area contributed by atoms with Gasteiger partial charge < -0.3 is 20.3 Å². The van der Waals surface area contributed by atoms with Gasteiger partial charge in [0, 0.05) is 18.8 Å². The number of para-hydroxylation sites is 1. The molecule has 3 rings (SSSR count). The fraction of sp³-hybridized carbons (Fsp3) is 0.350. The van der Waals surface area contributed by atoms with Gasteiger partial charge in [0.05, 0.1) is 11.3 Å². The van der Waals surface area contributed by atoms with Crippen molar-refractivity contribution < 1.29 is 18.3 Å². The summed E-state index contributed by atoms with van der Waals surface area (Å²) in [6.07, 6.45) is 0.994. The summed E-state index contributed by atoms with van der Waals surface area (Å²) >= 11 is 0. The largest absolute Gasteiger partial charge is 0.435 e. The van der Waals surface area contributed by atoms with Gasteiger partial charge in [0.2, 0.25) is 0 Å². The van der Waals surface area contributed by atoms with Crippen molar-refractivity contribution in [2.24, 2.45) is 5.92 Å². The second-order valence-electron chi connectivity index (χ2n) is 6.54. The molecule has 0 spiro atoms. The van der Waals surface area contributed by atoms with Gasteiger partial charge in [-0.25, -0.2) is 0 Å². The zero-order valence-corrected chi connectivity index (χ0v) is 15.1. The Morgan fingerprint density at radius 3 is 2.67 bits per heavy atom. The number of ether oxygens (including phenoxy) is 1. The molecule has 1 atom stereocenters. The number of anilines is 2. The number of rotatable bonds is 7. The highest BCUT2D eigenvalue weighted by molar-refractivity contribution is 6.00. The van der Waals surface area contributed by atoms with Gasteiger partial charge in [-0.3, -0.25) is 4.79 Å². The molecule has 0 bridgehead atoms. The van der Waals surface area contributed by atoms with Crippen LogP contribution < -0.4 is 15.4 Å². The molecule has 7 heteroatoms. The van der Waals surface area contributed by atoms with Gasteiger partial charge in [-0.05, 0) is 62.3 Å². The van der Waals surface area contributed by atoms with Crippen LogP contribution in [0.4, 0.5) is 20.2 Å². The van der Waals surface area contributed by atoms with Crippen LogP contribution in [-0.2, 0) is 0 Å². The summed E-state index contributed by atoms with van der Waals surface area (Å²) in [7, 11) is 1.92. The lowest BCUT2D eigenvalue weighted by atomic mass is 10.1. The number of carbonyl (C=O) groups excluding carboxylic acids is 1. The van der Waals surface area contributed by atoms with Gasteiger partial charge in [-0.15, -0.1) is 0 Å². The molecule has 2 N–H and O–H groups in total. The number of hydrogen-bond acceptors (Lipinski definition) is 4. The molecule has 2 aromatic rings. The highest BCUT2D eigenvalue weighted by atomic mass is 19.3. The van der Waals surface area contributed by atoms with Crippen molar-refractivity contribution in [3.05, 3.63) is 54.1 Å². The van der Waals surface area contributed by atoms with E-state index in [9.17, 15) is 13.6 Å². The summed E-state index contributed by atoms with van der Waals surface area (Å²) in [6, 6.07) is 13.5. The third-order valence-corrected chi connectivity index (χ3v) is 4.58. The molecule has 1 unspecified atom stereocenters. The molecular weight excluding hydrogens is 352 g/mol. The Morgan fingerprint density at radius 1 is 1.22 bits per heavy atom. The van der Waals surface area contributed by atoms with Crippen LogP contribution >= 0.6 is 0 Å². The smallest absolute Gasteiger partial charge is 0.387 e. The lowest BCUT2D eigenvalue weighted by Crippen LogP contribution is -2.30. The zero-order chi connectivity index (χ0) is 19.2. The summed E-state index contributed by atoms with van der Waals surface area (Å²) in [4.78, 5) is 14.8. The first kappa shape index (κ1) is 19.1. The van der Waals surface area contributed by atoms with E-state index in [0.717, 1.165) is 26.1 Å². The second kappa shape index (κ2) is 8.81. The van der Waals surface area contributed by atoms with Crippen molar-refractivity contribution in [1.82, 2.24) is 10.2 Å². The van der Waals surface area contributed by atoms with E-state index in [2.05, 4.69) is 15.4 Å². The first-order valence-corrected chi connectivity index (χ1v) is 8.91. The highest BCUT2D eigenvalue weighted by Crippen LogP contribution is 2.26. The molecular formula is C20H23F2N3O2. The Balaban J connectivity index is 1.71. The van der Waals surface area contributed by atoms with Crippen molar-refractivity contribution >= 4 is 17.3 Å². The van der Waals surface area contributed by atoms with Gasteiger partial charge in [-0.1, -0.05) is 12.1 Å². The van der Waals surface area contributed by atoms with Gasteiger partial charge in [-0.2, -0.15) is 8.78 Å². The van der Waals surface area contributed by atoms with E-state index in [1.807, 2.05) is 30.1 Å². The Kier molecular flexibility index (Phi) is 6.24. The van der Waals surface area contributed by atoms with Crippen LogP contribution in [-0.4, -0.2) is 44.1 Å². The first-order valence-electron chi connectivity index (χ1n) is 8.91. The number of amides is 1. The molecule has 1 fully saturated rings. The molecule has 1 amide bonds. The lowest BCUT2D eigenvalue weighted by Gasteiger charge is -2.19. The number of hydrogen-bond donors (Lipinski definition) is 2. The van der Waals surface area contributed by atoms with Gasteiger partial charge in [0.25, 0.3) is 5.91 Å². The average molecular weight is 375 g/mol. The predicted molar refractivity (Wildman–Crippen MR) is 101 cm³/mol. The molecule has 5 nitrogen and oxygen atoms in total. The third kappa shape index (κ3) is 4.95. The summed E-state index contributed by atoms with van der Waals surface area (Å²) < 4.78 is 28.9. The predicted octanol–water partition coefficient (Wildman–Crippen LogP) is 3.71. The number of carbonyl (C=O) groups is 1. The standard InChI is InChI=1S/C20H23F2N3O2/c1-23-12-14-10-11-25(13-14)19(26)17-4-2-3-5-18(17)24-15-6-8-16(9-7-15)27-20(21)22/h2-9,14,20,23-24H,10-13H2,1H3. The minimum absolute atomic E-state index is 0.00523. The maximum Gasteiger partial charge on any atom is 0.387 e. The number of alkyl halides is 2. The van der Waals surface area contributed by atoms with Crippen molar-refractivity contribution in [1.29, 1.82) is 0 Å². The molecule has 144 valence electrons. The fourth-order valence-electron chi connectivity index (χ4n) is 3.30. The van der Waals surface area contributed by atoms with Crippen molar-refractivity contribution in [2.45, 2.75) is 13.0 Å². The van der Waals surface area contributed by atoms with Crippen LogP contribution in [0.15, 0.2) is 48.5 Å². The summed E-state index contributed by atoms with van der Waals surface area (Å²) in [5.41, 5.74) is 1.96. The van der Waals surface area contributed by atoms with Crippen LogP contribution in [0.3, 0.4) is 0 Å². The molecule has 1 aliphatic heterocycles. The Bertz CT molecular complexity index is 768. The molecule has 0 saturated carbocycles. The Morgan fingerprint density at radius 2 is 1.96 bits per heavy atom. The van der Waals surface area contributed by atoms with E-state index in [0.29, 0.717) is 22.9 Å². The minimum Gasteiger partial charge on any atom is -0.435 e. The van der Waals surface area contributed by atoms with E-state index in [1.165, 1.54) is 12.1 Å². The van der Waals surface area contributed by atoms with E-state index >= 15 is 0 Å². The molecule has 27 heavy (non-hydrogen) atoms. The number of nitrogens with zero attached hydrogens (tertiary/aromatic N) is 1. The van der Waals surface area contributed by atoms with Crippen LogP contribution in [0, 0.1) is 5.92 Å². The normalized spacial score (nSPS) is 16.6. The van der Waals surface area contributed by atoms with E-state index in [1.54, 1.807) is 18.2 Å². The van der Waals surface area contributed by atoms with Crippen LogP contribution in [0.2, 0.25) is 0 Å². The van der Waals surface area contributed by atoms with Crippen molar-refractivity contribution in [2.75, 3.05) is 32.0 Å². The molecule has 1 heterocycles. The van der Waals surface area contributed by atoms with Crippen LogP contribution in [0.1, 0.15) is 16.8 Å². The lowest BCUT2D eigenvalue weighted by molar-refractivity contribution is -0.0498. The summed E-state index contributed by atoms with van der Waals surface area (Å²) in [5, 5.41) is 6.35. The third-order valence-electron chi connectivity index (χ3n) is 4.58. The molecule has 0 aromatic heterocycles. The first-order chi connectivity index (χ1) is 13.1. The molecule has 1 aliphatic rings. The quantitative estimate of drug-likeness (QED) is 0.775. The minimum atomic E-state index is -2.85. The summed E-state index contributed by atoms with van der Waals surface area (Å²) in [5.74, 6) is 0.559. The number of likely N-dealkylation sites (tertiary alicyclic amines) is 1. The number of benzene rings is 2.